The summed E-state index contributed by atoms with van der Waals surface area (Å²) >= 11 is 48.8. The Labute approximate surface area is 912 Å². The molecule has 0 radical (unpaired) electrons. The van der Waals surface area contributed by atoms with Gasteiger partial charge in [-0.25, -0.2) is 33.7 Å². The fraction of sp³-hybridized carbons (Fsp3) is 0.266. The van der Waals surface area contributed by atoms with Gasteiger partial charge in [-0.05, 0) is 218 Å². The molecule has 0 heterocycles. The number of phenolic OH excluding ortho intramolecular Hbond substituents is 4. The Hall–Kier alpha value is -12.5. The van der Waals surface area contributed by atoms with Gasteiger partial charge in [-0.2, -0.15) is 0 Å². The van der Waals surface area contributed by atoms with Gasteiger partial charge in [0.2, 0.25) is 23.6 Å². The number of unbranched alkanes of at least 4 members (excludes halogenated alkanes) is 9. The number of sulfone groups is 4. The van der Waals surface area contributed by atoms with Crippen LogP contribution in [0.5, 0.6) is 28.7 Å². The number of phenols is 4. The van der Waals surface area contributed by atoms with Gasteiger partial charge in [0, 0.05) is 46.5 Å². The van der Waals surface area contributed by atoms with Gasteiger partial charge in [0.1, 0.15) is 49.7 Å². The summed E-state index contributed by atoms with van der Waals surface area (Å²) in [5, 5.41) is 57.2. The average Bonchev–Trinajstić information content (AvgIpc) is 0.798. The van der Waals surface area contributed by atoms with E-state index in [1.165, 1.54) is 161 Å². The standard InChI is InChI=1S/C35H43Cl3N2O6S.2C25H25ClN2O5S.C24H21Cl3N2O5S/c1-3-5-6-7-8-9-10-11-12-13-20-46-25-15-17-26(18-16-25)47(44,45)33(4-2)35(43)39-30-23-32(41)31(22-29(30)38)40-34(42)24-14-19-27(36)28(37)21-24;1-4-23(34(32,33)18-11-7-16(3)8-12-18)25(31)27-20-14-22(29)21(13-19(20)26)28-24(30)17-9-5-15(2)6-10-17;1-4-23(34(32,33)18-7-5-6-16(3)12-18)25(31)27-20-14-22(29)21(13-19(20)26)28-24(30)17-10-8-15(2)9-11-17;1-3-22(35(33,34)15-7-4-13(2)5-8-15)24(32)28-19-12-21(30)20(11-18(19)27)29-23(31)14-6-9-16(25)17(26)10-14/h14-19,21-23,33,41H,3-13,20H2,1-2H3,(H,39,43)(H,40,42);2*5-14,23,29H,4H2,1-3H3,(H,27,31)(H,28,30);4-12,22,30H,3H2,1-2H3,(H,28,32)(H,29,31). The van der Waals surface area contributed by atoms with Gasteiger partial charge in [-0.3, -0.25) is 38.4 Å². The largest absolute Gasteiger partial charge is 0.506 e. The third-order valence-corrected chi connectivity index (χ3v) is 35.1. The first kappa shape index (κ1) is 121. The van der Waals surface area contributed by atoms with Gasteiger partial charge in [0.25, 0.3) is 23.6 Å². The van der Waals surface area contributed by atoms with E-state index >= 15 is 0 Å². The van der Waals surface area contributed by atoms with Crippen LogP contribution in [-0.4, -0.2) is 129 Å². The lowest BCUT2D eigenvalue weighted by Gasteiger charge is -2.18. The minimum atomic E-state index is -4.07. The number of hydrogen-bond acceptors (Lipinski definition) is 21. The van der Waals surface area contributed by atoms with Crippen LogP contribution >= 0.6 is 92.8 Å². The van der Waals surface area contributed by atoms with Crippen molar-refractivity contribution >= 4 is 225 Å². The van der Waals surface area contributed by atoms with Crippen molar-refractivity contribution in [2.24, 2.45) is 0 Å². The number of ether oxygens (including phenoxy) is 1. The summed E-state index contributed by atoms with van der Waals surface area (Å²) in [5.41, 5.74) is 5.76. The van der Waals surface area contributed by atoms with Crippen LogP contribution in [0.3, 0.4) is 0 Å². The summed E-state index contributed by atoms with van der Waals surface area (Å²) in [5.74, 6) is -6.14. The summed E-state index contributed by atoms with van der Waals surface area (Å²) < 4.78 is 111. The van der Waals surface area contributed by atoms with E-state index in [0.29, 0.717) is 23.5 Å². The molecule has 29 nitrogen and oxygen atoms in total. The fourth-order valence-electron chi connectivity index (χ4n) is 14.9. The Bertz CT molecular complexity index is 7390. The normalized spacial score (nSPS) is 12.1. The Balaban J connectivity index is 0.000000224. The molecule has 0 aliphatic rings. The maximum absolute atomic E-state index is 13.4. The van der Waals surface area contributed by atoms with Crippen molar-refractivity contribution in [1.29, 1.82) is 0 Å². The number of benzene rings is 12. The fourth-order valence-corrected chi connectivity index (χ4v) is 23.0. The molecule has 0 spiro atoms. The second-order valence-corrected chi connectivity index (χ2v) is 46.7. The molecule has 12 rings (SSSR count). The highest BCUT2D eigenvalue weighted by atomic mass is 35.5. The quantitative estimate of drug-likeness (QED) is 0.0125. The molecule has 12 aromatic carbocycles. The van der Waals surface area contributed by atoms with E-state index in [-0.39, 0.29) is 154 Å². The van der Waals surface area contributed by atoms with Crippen molar-refractivity contribution in [3.63, 3.8) is 0 Å². The van der Waals surface area contributed by atoms with Crippen molar-refractivity contribution in [2.45, 2.75) is 200 Å². The maximum Gasteiger partial charge on any atom is 0.255 e. The number of aryl methyl sites for hydroxylation is 5. The molecule has 0 aromatic heterocycles. The van der Waals surface area contributed by atoms with Crippen molar-refractivity contribution in [3.8, 4) is 28.7 Å². The van der Waals surface area contributed by atoms with E-state index in [1.807, 2.05) is 27.7 Å². The lowest BCUT2D eigenvalue weighted by molar-refractivity contribution is -0.116. The zero-order valence-electron chi connectivity index (χ0n) is 83.2. The summed E-state index contributed by atoms with van der Waals surface area (Å²) in [7, 11) is -15.9. The molecule has 0 saturated heterocycles. The minimum Gasteiger partial charge on any atom is -0.506 e. The summed E-state index contributed by atoms with van der Waals surface area (Å²) in [6.45, 7) is 18.4. The van der Waals surface area contributed by atoms with E-state index in [1.54, 1.807) is 132 Å². The smallest absolute Gasteiger partial charge is 0.255 e. The van der Waals surface area contributed by atoms with Crippen LogP contribution in [0.25, 0.3) is 0 Å². The molecule has 12 N–H and O–H groups in total. The van der Waals surface area contributed by atoms with Crippen molar-refractivity contribution < 1.29 is 97.2 Å². The Morgan fingerprint density at radius 3 is 0.780 bits per heavy atom. The number of aromatic hydroxyl groups is 4. The number of nitrogens with one attached hydrogen (secondary N) is 8. The minimum absolute atomic E-state index is 0.00739. The van der Waals surface area contributed by atoms with E-state index in [4.69, 9.17) is 97.5 Å². The van der Waals surface area contributed by atoms with Crippen LogP contribution in [0.4, 0.5) is 45.5 Å². The van der Waals surface area contributed by atoms with E-state index in [9.17, 15) is 92.5 Å². The van der Waals surface area contributed by atoms with E-state index < -0.39 is 119 Å². The molecular weight excluding hydrogens is 2170 g/mol. The number of hydrogen-bond donors (Lipinski definition) is 12. The first-order chi connectivity index (χ1) is 70.9. The SMILES string of the molecule is CCC(C(=O)Nc1cc(O)c(NC(=O)c2ccc(C)cc2)cc1Cl)S(=O)(=O)c1ccc(C)cc1.CCC(C(=O)Nc1cc(O)c(NC(=O)c2ccc(C)cc2)cc1Cl)S(=O)(=O)c1cccc(C)c1.CCC(C(=O)Nc1cc(O)c(NC(=O)c2ccc(Cl)c(Cl)c2)cc1Cl)S(=O)(=O)c1ccc(C)cc1.CCCCCCCCCCCCOc1ccc(S(=O)(=O)C(CC)C(=O)Nc2cc(O)c(NC(=O)c3ccc(Cl)c(Cl)c3)cc2Cl)cc1. The van der Waals surface area contributed by atoms with Crippen LogP contribution in [0.2, 0.25) is 40.2 Å². The van der Waals surface area contributed by atoms with Gasteiger partial charge in [-0.1, -0.05) is 268 Å². The maximum atomic E-state index is 13.4. The molecule has 0 aliphatic carbocycles. The van der Waals surface area contributed by atoms with Crippen molar-refractivity contribution in [3.05, 3.63) is 321 Å². The number of carbonyl (C=O) groups excluding carboxylic acids is 8. The summed E-state index contributed by atoms with van der Waals surface area (Å²) in [6, 6.07) is 56.8. The first-order valence-corrected chi connectivity index (χ1v) is 56.7. The van der Waals surface area contributed by atoms with Gasteiger partial charge in [-0.15, -0.1) is 0 Å². The zero-order valence-corrected chi connectivity index (χ0v) is 92.6. The van der Waals surface area contributed by atoms with Crippen molar-refractivity contribution in [1.82, 2.24) is 0 Å². The van der Waals surface area contributed by atoms with Gasteiger partial charge in [0.15, 0.2) is 39.3 Å². The molecule has 796 valence electrons. The third kappa shape index (κ3) is 33.5. The molecule has 41 heteroatoms. The highest BCUT2D eigenvalue weighted by Gasteiger charge is 2.38. The Kier molecular flexibility index (Phi) is 45.2. The number of rotatable bonds is 40. The summed E-state index contributed by atoms with van der Waals surface area (Å²) in [6.07, 6.45) is 12.4. The topological polar surface area (TPSA) is 460 Å². The van der Waals surface area contributed by atoms with Crippen LogP contribution < -0.4 is 47.3 Å². The van der Waals surface area contributed by atoms with Crippen LogP contribution in [0.1, 0.15) is 194 Å². The number of carbonyl (C=O) groups is 8. The molecule has 0 saturated carbocycles. The second kappa shape index (κ2) is 56.0. The predicted molar refractivity (Wildman–Crippen MR) is 596 cm³/mol. The molecule has 150 heavy (non-hydrogen) atoms. The lowest BCUT2D eigenvalue weighted by Crippen LogP contribution is -2.34. The molecule has 12 aromatic rings. The second-order valence-electron chi connectivity index (χ2n) is 34.9. The molecule has 0 aliphatic heterocycles. The Morgan fingerprint density at radius 2 is 0.507 bits per heavy atom. The van der Waals surface area contributed by atoms with Crippen LogP contribution in [-0.2, 0) is 58.5 Å². The predicted octanol–water partition coefficient (Wildman–Crippen LogP) is 26.4. The number of amides is 8. The molecule has 4 atom stereocenters. The van der Waals surface area contributed by atoms with Crippen molar-refractivity contribution in [2.75, 3.05) is 49.1 Å². The molecular formula is C109H114Cl8N8O21S4. The highest BCUT2D eigenvalue weighted by Crippen LogP contribution is 2.42. The van der Waals surface area contributed by atoms with Gasteiger partial charge in [0.05, 0.1) is 112 Å². The van der Waals surface area contributed by atoms with E-state index in [0.717, 1.165) is 64.9 Å². The monoisotopic (exact) mass is 2280 g/mol. The first-order valence-electron chi connectivity index (χ1n) is 47.5. The van der Waals surface area contributed by atoms with Gasteiger partial charge < -0.3 is 67.7 Å². The molecule has 0 fully saturated rings. The highest BCUT2D eigenvalue weighted by molar-refractivity contribution is 7.93. The average molecular weight is 2280 g/mol. The zero-order chi connectivity index (χ0) is 110. The lowest BCUT2D eigenvalue weighted by atomic mass is 10.1. The molecule has 4 unspecified atom stereocenters. The molecule has 0 bridgehead atoms. The van der Waals surface area contributed by atoms with Crippen LogP contribution in [0, 0.1) is 34.6 Å². The number of anilines is 8. The summed E-state index contributed by atoms with van der Waals surface area (Å²) in [4.78, 5) is 102. The Morgan fingerprint density at radius 1 is 0.253 bits per heavy atom. The molecule has 8 amide bonds. The number of halogens is 8. The third-order valence-electron chi connectivity index (χ3n) is 23.4. The van der Waals surface area contributed by atoms with Crippen LogP contribution in [0.15, 0.2) is 250 Å². The van der Waals surface area contributed by atoms with Gasteiger partial charge >= 0.3 is 0 Å². The van der Waals surface area contributed by atoms with E-state index in [2.05, 4.69) is 49.5 Å².